The number of nitrogens with one attached hydrogen (secondary N) is 2. The maximum absolute atomic E-state index is 13.7. The van der Waals surface area contributed by atoms with Gasteiger partial charge in [-0.25, -0.2) is 10.2 Å². The third-order valence-electron chi connectivity index (χ3n) is 1.86. The number of nitrogen functional groups attached to an aromatic ring is 1. The van der Waals surface area contributed by atoms with E-state index in [9.17, 15) is 9.18 Å². The van der Waals surface area contributed by atoms with Gasteiger partial charge in [-0.2, -0.15) is 0 Å². The lowest BCUT2D eigenvalue weighted by Gasteiger charge is -2.15. The number of hydrogen-bond donors (Lipinski definition) is 3. The lowest BCUT2D eigenvalue weighted by atomic mass is 10.1. The summed E-state index contributed by atoms with van der Waals surface area (Å²) in [6, 6.07) is 2.81. The van der Waals surface area contributed by atoms with Crippen LogP contribution in [0.3, 0.4) is 0 Å². The Morgan fingerprint density at radius 3 is 2.62 bits per heavy atom. The summed E-state index contributed by atoms with van der Waals surface area (Å²) in [5.74, 6) is 4.00. The van der Waals surface area contributed by atoms with Crippen molar-refractivity contribution >= 4 is 27.5 Å². The van der Waals surface area contributed by atoms with Crippen LogP contribution >= 0.6 is 15.9 Å². The van der Waals surface area contributed by atoms with Crippen LogP contribution in [-0.4, -0.2) is 11.9 Å². The first-order valence-electron chi connectivity index (χ1n) is 4.72. The Morgan fingerprint density at radius 1 is 1.50 bits per heavy atom. The van der Waals surface area contributed by atoms with Gasteiger partial charge in [-0.3, -0.25) is 10.2 Å². The summed E-state index contributed by atoms with van der Waals surface area (Å²) >= 11 is 3.12. The molecule has 0 fully saturated rings. The minimum absolute atomic E-state index is 0.0139. The second-order valence-corrected chi connectivity index (χ2v) is 4.50. The summed E-state index contributed by atoms with van der Waals surface area (Å²) in [5.41, 5.74) is 2.31. The quantitative estimate of drug-likeness (QED) is 0.453. The molecular weight excluding hydrogens is 277 g/mol. The van der Waals surface area contributed by atoms with Gasteiger partial charge in [0.2, 0.25) is 0 Å². The molecule has 1 rings (SSSR count). The van der Waals surface area contributed by atoms with E-state index in [4.69, 9.17) is 5.84 Å². The molecule has 0 aromatic heterocycles. The van der Waals surface area contributed by atoms with Gasteiger partial charge in [0, 0.05) is 10.5 Å². The number of benzene rings is 1. The Labute approximate surface area is 101 Å². The van der Waals surface area contributed by atoms with Gasteiger partial charge in [-0.1, -0.05) is 15.9 Å². The lowest BCUT2D eigenvalue weighted by molar-refractivity contribution is 0.0954. The second kappa shape index (κ2) is 5.27. The van der Waals surface area contributed by atoms with Crippen molar-refractivity contribution in [1.82, 2.24) is 5.43 Å². The van der Waals surface area contributed by atoms with Crippen molar-refractivity contribution in [1.29, 1.82) is 0 Å². The Hall–Kier alpha value is -1.14. The van der Waals surface area contributed by atoms with E-state index in [0.717, 1.165) is 0 Å². The predicted molar refractivity (Wildman–Crippen MR) is 64.5 cm³/mol. The van der Waals surface area contributed by atoms with Crippen LogP contribution in [0.5, 0.6) is 0 Å². The molecule has 0 aliphatic carbocycles. The molecule has 0 radical (unpaired) electrons. The van der Waals surface area contributed by atoms with Crippen molar-refractivity contribution in [2.24, 2.45) is 5.84 Å². The molecule has 6 heteroatoms. The molecule has 88 valence electrons. The molecule has 0 spiro atoms. The molecule has 0 saturated carbocycles. The highest BCUT2D eigenvalue weighted by Crippen LogP contribution is 2.25. The normalized spacial score (nSPS) is 10.4. The van der Waals surface area contributed by atoms with Gasteiger partial charge in [-0.05, 0) is 26.0 Å². The molecule has 0 bridgehead atoms. The van der Waals surface area contributed by atoms with Crippen molar-refractivity contribution in [3.05, 3.63) is 28.0 Å². The Kier molecular flexibility index (Phi) is 4.26. The summed E-state index contributed by atoms with van der Waals surface area (Å²) in [5, 5.41) is 2.87. The standard InChI is InChI=1S/C10H13BrFN3O/c1-5(2)14-9-7(10(16)15-13)3-6(11)4-8(9)12/h3-5,14H,13H2,1-2H3,(H,15,16). The average molecular weight is 290 g/mol. The first-order chi connectivity index (χ1) is 7.45. The first-order valence-corrected chi connectivity index (χ1v) is 5.51. The van der Waals surface area contributed by atoms with Crippen LogP contribution in [0.25, 0.3) is 0 Å². The largest absolute Gasteiger partial charge is 0.380 e. The van der Waals surface area contributed by atoms with E-state index in [2.05, 4.69) is 21.2 Å². The summed E-state index contributed by atoms with van der Waals surface area (Å²) in [4.78, 5) is 11.5. The number of hydrazine groups is 1. The highest BCUT2D eigenvalue weighted by Gasteiger charge is 2.16. The summed E-state index contributed by atoms with van der Waals surface area (Å²) < 4.78 is 14.1. The number of carbonyl (C=O) groups excluding carboxylic acids is 1. The summed E-state index contributed by atoms with van der Waals surface area (Å²) in [6.07, 6.45) is 0. The van der Waals surface area contributed by atoms with E-state index in [1.165, 1.54) is 12.1 Å². The van der Waals surface area contributed by atoms with Crippen LogP contribution in [0, 0.1) is 5.82 Å². The van der Waals surface area contributed by atoms with Crippen molar-refractivity contribution in [2.45, 2.75) is 19.9 Å². The van der Waals surface area contributed by atoms with E-state index in [1.54, 1.807) is 0 Å². The third-order valence-corrected chi connectivity index (χ3v) is 2.32. The fourth-order valence-corrected chi connectivity index (χ4v) is 1.70. The predicted octanol–water partition coefficient (Wildman–Crippen LogP) is 2.01. The summed E-state index contributed by atoms with van der Waals surface area (Å²) in [7, 11) is 0. The highest BCUT2D eigenvalue weighted by atomic mass is 79.9. The number of rotatable bonds is 3. The zero-order valence-corrected chi connectivity index (χ0v) is 10.6. The van der Waals surface area contributed by atoms with E-state index >= 15 is 0 Å². The topological polar surface area (TPSA) is 67.2 Å². The van der Waals surface area contributed by atoms with Gasteiger partial charge in [-0.15, -0.1) is 0 Å². The molecule has 0 atom stereocenters. The van der Waals surface area contributed by atoms with Crippen LogP contribution in [0.2, 0.25) is 0 Å². The number of halogens is 2. The number of anilines is 1. The third kappa shape index (κ3) is 2.93. The van der Waals surface area contributed by atoms with Crippen molar-refractivity contribution < 1.29 is 9.18 Å². The van der Waals surface area contributed by atoms with Crippen LogP contribution in [-0.2, 0) is 0 Å². The molecule has 4 N–H and O–H groups in total. The van der Waals surface area contributed by atoms with Crippen molar-refractivity contribution in [3.8, 4) is 0 Å². The van der Waals surface area contributed by atoms with Crippen molar-refractivity contribution in [3.63, 3.8) is 0 Å². The maximum atomic E-state index is 13.7. The van der Waals surface area contributed by atoms with Gasteiger partial charge in [0.05, 0.1) is 11.3 Å². The molecule has 0 heterocycles. The second-order valence-electron chi connectivity index (χ2n) is 3.58. The molecule has 0 aliphatic heterocycles. The number of carbonyl (C=O) groups is 1. The smallest absolute Gasteiger partial charge is 0.267 e. The van der Waals surface area contributed by atoms with Gasteiger partial charge in [0.25, 0.3) is 5.91 Å². The zero-order valence-electron chi connectivity index (χ0n) is 8.97. The zero-order chi connectivity index (χ0) is 12.3. The van der Waals surface area contributed by atoms with Gasteiger partial charge < -0.3 is 5.32 Å². The van der Waals surface area contributed by atoms with Gasteiger partial charge in [0.1, 0.15) is 5.82 Å². The average Bonchev–Trinajstić information content (AvgIpc) is 2.20. The monoisotopic (exact) mass is 289 g/mol. The molecule has 4 nitrogen and oxygen atoms in total. The minimum Gasteiger partial charge on any atom is -0.380 e. The van der Waals surface area contributed by atoms with E-state index in [1.807, 2.05) is 19.3 Å². The minimum atomic E-state index is -0.539. The SMILES string of the molecule is CC(C)Nc1c(F)cc(Br)cc1C(=O)NN. The van der Waals surface area contributed by atoms with Crippen LogP contribution in [0.1, 0.15) is 24.2 Å². The number of nitrogens with two attached hydrogens (primary N) is 1. The molecule has 16 heavy (non-hydrogen) atoms. The molecule has 1 aromatic rings. The lowest BCUT2D eigenvalue weighted by Crippen LogP contribution is -2.31. The number of amides is 1. The maximum Gasteiger partial charge on any atom is 0.267 e. The Morgan fingerprint density at radius 2 is 2.12 bits per heavy atom. The first kappa shape index (κ1) is 12.9. The van der Waals surface area contributed by atoms with Gasteiger partial charge in [0.15, 0.2) is 0 Å². The van der Waals surface area contributed by atoms with Crippen LogP contribution < -0.4 is 16.6 Å². The fourth-order valence-electron chi connectivity index (χ4n) is 1.27. The van der Waals surface area contributed by atoms with E-state index in [0.29, 0.717) is 4.47 Å². The molecule has 0 unspecified atom stereocenters. The highest BCUT2D eigenvalue weighted by molar-refractivity contribution is 9.10. The van der Waals surface area contributed by atoms with E-state index < -0.39 is 11.7 Å². The van der Waals surface area contributed by atoms with Crippen molar-refractivity contribution in [2.75, 3.05) is 5.32 Å². The molecule has 1 amide bonds. The Balaban J connectivity index is 3.26. The van der Waals surface area contributed by atoms with Crippen LogP contribution in [0.4, 0.5) is 10.1 Å². The molecular formula is C10H13BrFN3O. The van der Waals surface area contributed by atoms with Gasteiger partial charge >= 0.3 is 0 Å². The Bertz CT molecular complexity index is 409. The molecule has 1 aromatic carbocycles. The number of hydrogen-bond acceptors (Lipinski definition) is 3. The van der Waals surface area contributed by atoms with E-state index in [-0.39, 0.29) is 17.3 Å². The fraction of sp³-hybridized carbons (Fsp3) is 0.300. The molecule has 0 saturated heterocycles. The molecule has 0 aliphatic rings. The summed E-state index contributed by atoms with van der Waals surface area (Å²) in [6.45, 7) is 3.71. The van der Waals surface area contributed by atoms with Crippen LogP contribution in [0.15, 0.2) is 16.6 Å².